The van der Waals surface area contributed by atoms with Crippen LogP contribution in [-0.4, -0.2) is 17.6 Å². The Kier molecular flexibility index (Phi) is 6.09. The molecule has 0 aromatic heterocycles. The summed E-state index contributed by atoms with van der Waals surface area (Å²) < 4.78 is 13.8. The monoisotopic (exact) mass is 434 g/mol. The molecule has 1 saturated heterocycles. The number of thioether (sulfide) groups is 1. The van der Waals surface area contributed by atoms with Crippen LogP contribution in [0.5, 0.6) is 0 Å². The van der Waals surface area contributed by atoms with Crippen LogP contribution in [0.15, 0.2) is 72.8 Å². The number of hydrogen-bond donors (Lipinski definition) is 1. The molecule has 0 bridgehead atoms. The van der Waals surface area contributed by atoms with Crippen LogP contribution in [0, 0.1) is 5.82 Å². The van der Waals surface area contributed by atoms with E-state index in [9.17, 15) is 14.0 Å². The van der Waals surface area contributed by atoms with E-state index in [1.165, 1.54) is 12.1 Å². The highest BCUT2D eigenvalue weighted by molar-refractivity contribution is 8.00. The van der Waals surface area contributed by atoms with Gasteiger partial charge in [0.2, 0.25) is 5.91 Å². The zero-order valence-corrected chi connectivity index (χ0v) is 18.2. The predicted molar refractivity (Wildman–Crippen MR) is 124 cm³/mol. The second-order valence-corrected chi connectivity index (χ2v) is 8.77. The number of halogens is 1. The molecule has 3 aromatic carbocycles. The van der Waals surface area contributed by atoms with E-state index in [0.29, 0.717) is 17.4 Å². The van der Waals surface area contributed by atoms with Crippen LogP contribution in [0.3, 0.4) is 0 Å². The van der Waals surface area contributed by atoms with E-state index in [-0.39, 0.29) is 16.8 Å². The number of hydrogen-bond acceptors (Lipinski definition) is 3. The first-order valence-electron chi connectivity index (χ1n) is 10.1. The van der Waals surface area contributed by atoms with E-state index in [0.717, 1.165) is 16.8 Å². The molecule has 0 spiro atoms. The van der Waals surface area contributed by atoms with Crippen molar-refractivity contribution in [3.05, 3.63) is 95.3 Å². The maximum absolute atomic E-state index is 13.8. The standard InChI is InChI=1S/C25H23FN2O2S/c1-16(2)19-7-4-6-10-22(19)28-23(29)15-31-25(28)17-11-13-18(14-12-17)27-24(30)20-8-3-5-9-21(20)26/h3-14,16,25H,15H2,1-2H3,(H,27,30). The fourth-order valence-corrected chi connectivity index (χ4v) is 4.87. The average molecular weight is 435 g/mol. The highest BCUT2D eigenvalue weighted by atomic mass is 32.2. The molecule has 158 valence electrons. The van der Waals surface area contributed by atoms with E-state index in [1.807, 2.05) is 35.2 Å². The van der Waals surface area contributed by atoms with Crippen molar-refractivity contribution in [3.63, 3.8) is 0 Å². The van der Waals surface area contributed by atoms with Gasteiger partial charge in [0, 0.05) is 11.4 Å². The van der Waals surface area contributed by atoms with E-state index < -0.39 is 11.7 Å². The molecule has 2 amide bonds. The molecule has 1 N–H and O–H groups in total. The first-order chi connectivity index (χ1) is 15.0. The van der Waals surface area contributed by atoms with Gasteiger partial charge >= 0.3 is 0 Å². The summed E-state index contributed by atoms with van der Waals surface area (Å²) in [5, 5.41) is 2.59. The number of carbonyl (C=O) groups excluding carboxylic acids is 2. The average Bonchev–Trinajstić information content (AvgIpc) is 3.15. The van der Waals surface area contributed by atoms with Gasteiger partial charge in [0.1, 0.15) is 11.2 Å². The Morgan fingerprint density at radius 1 is 1.03 bits per heavy atom. The van der Waals surface area contributed by atoms with Crippen LogP contribution in [0.4, 0.5) is 15.8 Å². The highest BCUT2D eigenvalue weighted by Gasteiger charge is 2.35. The van der Waals surface area contributed by atoms with Crippen molar-refractivity contribution in [1.29, 1.82) is 0 Å². The topological polar surface area (TPSA) is 49.4 Å². The van der Waals surface area contributed by atoms with Gasteiger partial charge < -0.3 is 5.32 Å². The number of nitrogens with zero attached hydrogens (tertiary/aromatic N) is 1. The molecule has 1 atom stereocenters. The first kappa shape index (κ1) is 21.1. The molecule has 3 aromatic rings. The number of rotatable bonds is 5. The molecular weight excluding hydrogens is 411 g/mol. The van der Waals surface area contributed by atoms with Gasteiger partial charge in [0.05, 0.1) is 11.3 Å². The van der Waals surface area contributed by atoms with Crippen molar-refractivity contribution >= 4 is 35.0 Å². The summed E-state index contributed by atoms with van der Waals surface area (Å²) in [6.45, 7) is 4.24. The second-order valence-electron chi connectivity index (χ2n) is 7.70. The maximum atomic E-state index is 13.8. The van der Waals surface area contributed by atoms with Gasteiger partial charge in [-0.05, 0) is 47.4 Å². The van der Waals surface area contributed by atoms with Gasteiger partial charge in [-0.25, -0.2) is 4.39 Å². The van der Waals surface area contributed by atoms with Crippen molar-refractivity contribution in [2.45, 2.75) is 25.1 Å². The maximum Gasteiger partial charge on any atom is 0.258 e. The number of benzene rings is 3. The number of carbonyl (C=O) groups is 2. The number of nitrogens with one attached hydrogen (secondary N) is 1. The van der Waals surface area contributed by atoms with Crippen LogP contribution in [0.2, 0.25) is 0 Å². The second kappa shape index (κ2) is 8.94. The normalized spacial score (nSPS) is 16.1. The van der Waals surface area contributed by atoms with Crippen LogP contribution < -0.4 is 10.2 Å². The zero-order valence-electron chi connectivity index (χ0n) is 17.3. The fourth-order valence-electron chi connectivity index (χ4n) is 3.70. The Balaban J connectivity index is 1.57. The van der Waals surface area contributed by atoms with Gasteiger partial charge in [0.15, 0.2) is 0 Å². The molecule has 0 aliphatic carbocycles. The lowest BCUT2D eigenvalue weighted by molar-refractivity contribution is -0.115. The Morgan fingerprint density at radius 3 is 2.42 bits per heavy atom. The molecule has 1 fully saturated rings. The summed E-state index contributed by atoms with van der Waals surface area (Å²) in [6.07, 6.45) is 0. The summed E-state index contributed by atoms with van der Waals surface area (Å²) in [6, 6.07) is 21.3. The molecule has 1 heterocycles. The first-order valence-corrected chi connectivity index (χ1v) is 11.2. The van der Waals surface area contributed by atoms with Gasteiger partial charge in [0.25, 0.3) is 5.91 Å². The molecule has 1 aliphatic heterocycles. The van der Waals surface area contributed by atoms with Gasteiger partial charge in [-0.2, -0.15) is 0 Å². The Hall–Kier alpha value is -3.12. The highest BCUT2D eigenvalue weighted by Crippen LogP contribution is 2.44. The third kappa shape index (κ3) is 4.35. The van der Waals surface area contributed by atoms with Crippen molar-refractivity contribution in [2.24, 2.45) is 0 Å². The third-order valence-corrected chi connectivity index (χ3v) is 6.47. The molecule has 1 unspecified atom stereocenters. The molecule has 4 nitrogen and oxygen atoms in total. The molecule has 31 heavy (non-hydrogen) atoms. The summed E-state index contributed by atoms with van der Waals surface area (Å²) in [5.41, 5.74) is 3.62. The van der Waals surface area contributed by atoms with Gasteiger partial charge in [-0.15, -0.1) is 11.8 Å². The summed E-state index contributed by atoms with van der Waals surface area (Å²) >= 11 is 1.58. The van der Waals surface area contributed by atoms with Crippen molar-refractivity contribution in [3.8, 4) is 0 Å². The summed E-state index contributed by atoms with van der Waals surface area (Å²) in [7, 11) is 0. The molecule has 0 radical (unpaired) electrons. The zero-order chi connectivity index (χ0) is 22.0. The quantitative estimate of drug-likeness (QED) is 0.537. The van der Waals surface area contributed by atoms with E-state index >= 15 is 0 Å². The Labute approximate surface area is 185 Å². The lowest BCUT2D eigenvalue weighted by Crippen LogP contribution is -2.29. The minimum atomic E-state index is -0.558. The van der Waals surface area contributed by atoms with Crippen LogP contribution in [0.25, 0.3) is 0 Å². The van der Waals surface area contributed by atoms with Crippen molar-refractivity contribution < 1.29 is 14.0 Å². The summed E-state index contributed by atoms with van der Waals surface area (Å²) in [5.74, 6) is -0.255. The predicted octanol–water partition coefficient (Wildman–Crippen LogP) is 5.98. The molecule has 6 heteroatoms. The van der Waals surface area contributed by atoms with Crippen LogP contribution in [-0.2, 0) is 4.79 Å². The smallest absolute Gasteiger partial charge is 0.258 e. The fraction of sp³-hybridized carbons (Fsp3) is 0.200. The third-order valence-electron chi connectivity index (χ3n) is 5.26. The van der Waals surface area contributed by atoms with Gasteiger partial charge in [-0.3, -0.25) is 14.5 Å². The molecule has 1 aliphatic rings. The molecule has 0 saturated carbocycles. The van der Waals surface area contributed by atoms with Crippen LogP contribution in [0.1, 0.15) is 46.6 Å². The van der Waals surface area contributed by atoms with E-state index in [2.05, 4.69) is 25.2 Å². The van der Waals surface area contributed by atoms with Gasteiger partial charge in [-0.1, -0.05) is 56.3 Å². The van der Waals surface area contributed by atoms with E-state index in [4.69, 9.17) is 0 Å². The Bertz CT molecular complexity index is 1110. The van der Waals surface area contributed by atoms with E-state index in [1.54, 1.807) is 36.0 Å². The SMILES string of the molecule is CC(C)c1ccccc1N1C(=O)CSC1c1ccc(NC(=O)c2ccccc2F)cc1. The molecular formula is C25H23FN2O2S. The number of anilines is 2. The summed E-state index contributed by atoms with van der Waals surface area (Å²) in [4.78, 5) is 27.0. The number of amides is 2. The lowest BCUT2D eigenvalue weighted by atomic mass is 10.00. The number of para-hydroxylation sites is 1. The van der Waals surface area contributed by atoms with Crippen LogP contribution >= 0.6 is 11.8 Å². The Morgan fingerprint density at radius 2 is 1.71 bits per heavy atom. The van der Waals surface area contributed by atoms with Crippen molar-refractivity contribution in [2.75, 3.05) is 16.0 Å². The van der Waals surface area contributed by atoms with Crippen molar-refractivity contribution in [1.82, 2.24) is 0 Å². The minimum absolute atomic E-state index is 0.00000992. The lowest BCUT2D eigenvalue weighted by Gasteiger charge is -2.27. The molecule has 4 rings (SSSR count). The largest absolute Gasteiger partial charge is 0.322 e. The minimum Gasteiger partial charge on any atom is -0.322 e.